The second kappa shape index (κ2) is 6.85. The molecule has 0 unspecified atom stereocenters. The minimum atomic E-state index is 0.677. The highest BCUT2D eigenvalue weighted by molar-refractivity contribution is 7.98. The van der Waals surface area contributed by atoms with E-state index in [0.717, 1.165) is 22.0 Å². The first kappa shape index (κ1) is 14.3. The molecule has 0 spiro atoms. The van der Waals surface area contributed by atoms with Crippen LogP contribution in [0.1, 0.15) is 5.56 Å². The van der Waals surface area contributed by atoms with Crippen molar-refractivity contribution in [1.82, 2.24) is 5.32 Å². The van der Waals surface area contributed by atoms with Crippen molar-refractivity contribution in [2.45, 2.75) is 11.4 Å². The third kappa shape index (κ3) is 3.44. The number of hydrogen-bond acceptors (Lipinski definition) is 3. The molecule has 2 nitrogen and oxygen atoms in total. The Kier molecular flexibility index (Phi) is 5.14. The van der Waals surface area contributed by atoms with Gasteiger partial charge < -0.3 is 10.1 Å². The highest BCUT2D eigenvalue weighted by Gasteiger charge is 2.10. The Bertz CT molecular complexity index is 560. The van der Waals surface area contributed by atoms with Crippen molar-refractivity contribution >= 4 is 23.4 Å². The van der Waals surface area contributed by atoms with Gasteiger partial charge in [-0.15, -0.1) is 11.8 Å². The molecule has 0 heterocycles. The average Bonchev–Trinajstić information content (AvgIpc) is 2.43. The molecule has 19 heavy (non-hydrogen) atoms. The lowest BCUT2D eigenvalue weighted by Crippen LogP contribution is -2.07. The SMILES string of the molecule is CNCc1c(Cl)cccc1Oc1ccccc1SC. The van der Waals surface area contributed by atoms with Crippen molar-refractivity contribution < 1.29 is 4.74 Å². The molecule has 0 atom stereocenters. The zero-order valence-corrected chi connectivity index (χ0v) is 12.5. The molecule has 0 aliphatic heterocycles. The largest absolute Gasteiger partial charge is 0.456 e. The molecule has 0 aromatic heterocycles. The standard InChI is InChI=1S/C15H16ClNOS/c1-17-10-11-12(16)6-5-8-13(11)18-14-7-3-4-9-15(14)19-2/h3-9,17H,10H2,1-2H3. The first-order chi connectivity index (χ1) is 9.26. The van der Waals surface area contributed by atoms with Gasteiger partial charge in [0.25, 0.3) is 0 Å². The molecule has 0 aliphatic carbocycles. The molecule has 1 N–H and O–H groups in total. The van der Waals surface area contributed by atoms with Crippen molar-refractivity contribution in [1.29, 1.82) is 0 Å². The van der Waals surface area contributed by atoms with Crippen LogP contribution in [0.15, 0.2) is 47.4 Å². The molecular weight excluding hydrogens is 278 g/mol. The molecule has 0 saturated heterocycles. The number of thioether (sulfide) groups is 1. The predicted octanol–water partition coefficient (Wildman–Crippen LogP) is 4.57. The molecule has 2 rings (SSSR count). The number of para-hydroxylation sites is 1. The van der Waals surface area contributed by atoms with Gasteiger partial charge in [-0.05, 0) is 37.6 Å². The molecular formula is C15H16ClNOS. The lowest BCUT2D eigenvalue weighted by atomic mass is 10.2. The third-order valence-corrected chi connectivity index (χ3v) is 3.85. The van der Waals surface area contributed by atoms with Gasteiger partial charge in [-0.25, -0.2) is 0 Å². The van der Waals surface area contributed by atoms with E-state index in [0.29, 0.717) is 11.6 Å². The van der Waals surface area contributed by atoms with Crippen LogP contribution < -0.4 is 10.1 Å². The van der Waals surface area contributed by atoms with Gasteiger partial charge in [0, 0.05) is 22.0 Å². The fourth-order valence-corrected chi connectivity index (χ4v) is 2.56. The van der Waals surface area contributed by atoms with Crippen LogP contribution in [0.2, 0.25) is 5.02 Å². The fourth-order valence-electron chi connectivity index (χ4n) is 1.80. The van der Waals surface area contributed by atoms with E-state index >= 15 is 0 Å². The molecule has 4 heteroatoms. The van der Waals surface area contributed by atoms with E-state index in [2.05, 4.69) is 5.32 Å². The van der Waals surface area contributed by atoms with Crippen LogP contribution in [-0.2, 0) is 6.54 Å². The summed E-state index contributed by atoms with van der Waals surface area (Å²) in [5, 5.41) is 3.83. The van der Waals surface area contributed by atoms with Crippen LogP contribution >= 0.6 is 23.4 Å². The van der Waals surface area contributed by atoms with Gasteiger partial charge in [0.2, 0.25) is 0 Å². The zero-order chi connectivity index (χ0) is 13.7. The second-order valence-corrected chi connectivity index (χ2v) is 5.26. The maximum absolute atomic E-state index is 6.22. The Morgan fingerprint density at radius 1 is 1.11 bits per heavy atom. The van der Waals surface area contributed by atoms with Gasteiger partial charge in [-0.1, -0.05) is 29.8 Å². The van der Waals surface area contributed by atoms with E-state index in [-0.39, 0.29) is 0 Å². The van der Waals surface area contributed by atoms with Crippen molar-refractivity contribution in [3.8, 4) is 11.5 Å². The van der Waals surface area contributed by atoms with Crippen LogP contribution in [0.3, 0.4) is 0 Å². The monoisotopic (exact) mass is 293 g/mol. The minimum Gasteiger partial charge on any atom is -0.456 e. The maximum Gasteiger partial charge on any atom is 0.140 e. The van der Waals surface area contributed by atoms with Crippen LogP contribution in [0, 0.1) is 0 Å². The van der Waals surface area contributed by atoms with Gasteiger partial charge >= 0.3 is 0 Å². The normalized spacial score (nSPS) is 10.5. The lowest BCUT2D eigenvalue weighted by Gasteiger charge is -2.14. The summed E-state index contributed by atoms with van der Waals surface area (Å²) in [4.78, 5) is 1.11. The van der Waals surface area contributed by atoms with Gasteiger partial charge in [-0.3, -0.25) is 0 Å². The number of nitrogens with one attached hydrogen (secondary N) is 1. The molecule has 2 aromatic rings. The van der Waals surface area contributed by atoms with Gasteiger partial charge in [-0.2, -0.15) is 0 Å². The fraction of sp³-hybridized carbons (Fsp3) is 0.200. The average molecular weight is 294 g/mol. The third-order valence-electron chi connectivity index (χ3n) is 2.72. The molecule has 100 valence electrons. The smallest absolute Gasteiger partial charge is 0.140 e. The topological polar surface area (TPSA) is 21.3 Å². The molecule has 0 amide bonds. The zero-order valence-electron chi connectivity index (χ0n) is 10.9. The van der Waals surface area contributed by atoms with Crippen LogP contribution in [-0.4, -0.2) is 13.3 Å². The number of hydrogen-bond donors (Lipinski definition) is 1. The first-order valence-electron chi connectivity index (χ1n) is 5.99. The van der Waals surface area contributed by atoms with E-state index in [1.165, 1.54) is 0 Å². The number of ether oxygens (including phenoxy) is 1. The Labute approximate surface area is 123 Å². The summed E-state index contributed by atoms with van der Waals surface area (Å²) in [6.07, 6.45) is 2.04. The van der Waals surface area contributed by atoms with Gasteiger partial charge in [0.15, 0.2) is 0 Å². The molecule has 0 bridgehead atoms. The Balaban J connectivity index is 2.35. The second-order valence-electron chi connectivity index (χ2n) is 4.00. The Morgan fingerprint density at radius 3 is 2.58 bits per heavy atom. The number of rotatable bonds is 5. The summed E-state index contributed by atoms with van der Waals surface area (Å²) in [6.45, 7) is 0.677. The summed E-state index contributed by atoms with van der Waals surface area (Å²) in [5.41, 5.74) is 0.975. The van der Waals surface area contributed by atoms with Crippen LogP contribution in [0.25, 0.3) is 0 Å². The van der Waals surface area contributed by atoms with E-state index in [1.54, 1.807) is 11.8 Å². The van der Waals surface area contributed by atoms with E-state index < -0.39 is 0 Å². The molecule has 0 saturated carbocycles. The lowest BCUT2D eigenvalue weighted by molar-refractivity contribution is 0.463. The van der Waals surface area contributed by atoms with Crippen molar-refractivity contribution in [2.75, 3.05) is 13.3 Å². The molecule has 0 radical (unpaired) electrons. The first-order valence-corrected chi connectivity index (χ1v) is 7.59. The van der Waals surface area contributed by atoms with Crippen molar-refractivity contribution in [3.05, 3.63) is 53.1 Å². The summed E-state index contributed by atoms with van der Waals surface area (Å²) >= 11 is 7.89. The van der Waals surface area contributed by atoms with Crippen LogP contribution in [0.4, 0.5) is 0 Å². The van der Waals surface area contributed by atoms with Gasteiger partial charge in [0.05, 0.1) is 0 Å². The van der Waals surface area contributed by atoms with Crippen LogP contribution in [0.5, 0.6) is 11.5 Å². The van der Waals surface area contributed by atoms with E-state index in [9.17, 15) is 0 Å². The predicted molar refractivity (Wildman–Crippen MR) is 82.5 cm³/mol. The maximum atomic E-state index is 6.22. The Morgan fingerprint density at radius 2 is 1.84 bits per heavy atom. The highest BCUT2D eigenvalue weighted by Crippen LogP contribution is 2.34. The highest BCUT2D eigenvalue weighted by atomic mass is 35.5. The molecule has 0 fully saturated rings. The summed E-state index contributed by atoms with van der Waals surface area (Å²) in [6, 6.07) is 13.7. The molecule has 0 aliphatic rings. The van der Waals surface area contributed by atoms with E-state index in [4.69, 9.17) is 16.3 Å². The number of halogens is 1. The summed E-state index contributed by atoms with van der Waals surface area (Å²) in [5.74, 6) is 1.65. The minimum absolute atomic E-state index is 0.677. The quantitative estimate of drug-likeness (QED) is 0.816. The number of benzene rings is 2. The molecule has 2 aromatic carbocycles. The summed E-state index contributed by atoms with van der Waals surface area (Å²) < 4.78 is 6.02. The van der Waals surface area contributed by atoms with Crippen molar-refractivity contribution in [2.24, 2.45) is 0 Å². The Hall–Kier alpha value is -1.16. The van der Waals surface area contributed by atoms with E-state index in [1.807, 2.05) is 55.8 Å². The summed E-state index contributed by atoms with van der Waals surface area (Å²) in [7, 11) is 1.89. The van der Waals surface area contributed by atoms with Gasteiger partial charge in [0.1, 0.15) is 11.5 Å². The van der Waals surface area contributed by atoms with Crippen molar-refractivity contribution in [3.63, 3.8) is 0 Å².